The SMILES string of the molecule is CCCC1(CCC)c2ccccc2-c2cc3nc(-c4cc5c(cc4OC)c4ccccc4n5CC)oc3cc21. The van der Waals surface area contributed by atoms with Crippen molar-refractivity contribution in [2.75, 3.05) is 7.11 Å². The number of nitrogens with zero attached hydrogens (tertiary/aromatic N) is 2. The van der Waals surface area contributed by atoms with E-state index in [-0.39, 0.29) is 5.41 Å². The number of benzene rings is 4. The van der Waals surface area contributed by atoms with Gasteiger partial charge in [0, 0.05) is 28.2 Å². The minimum absolute atomic E-state index is 0.0230. The molecule has 4 heteroatoms. The molecule has 0 aliphatic heterocycles. The van der Waals surface area contributed by atoms with Gasteiger partial charge in [-0.25, -0.2) is 4.98 Å². The van der Waals surface area contributed by atoms with E-state index in [1.165, 1.54) is 38.5 Å². The number of hydrogen-bond acceptors (Lipinski definition) is 3. The summed E-state index contributed by atoms with van der Waals surface area (Å²) >= 11 is 0. The zero-order chi connectivity index (χ0) is 26.7. The second-order valence-corrected chi connectivity index (χ2v) is 10.8. The van der Waals surface area contributed by atoms with Crippen molar-refractivity contribution in [3.8, 4) is 28.3 Å². The predicted molar refractivity (Wildman–Crippen MR) is 161 cm³/mol. The van der Waals surface area contributed by atoms with Crippen LogP contribution < -0.4 is 4.74 Å². The Labute approximate surface area is 229 Å². The second-order valence-electron chi connectivity index (χ2n) is 10.8. The van der Waals surface area contributed by atoms with E-state index < -0.39 is 0 Å². The number of oxazole rings is 1. The molecule has 4 aromatic carbocycles. The highest BCUT2D eigenvalue weighted by Crippen LogP contribution is 2.54. The van der Waals surface area contributed by atoms with Crippen LogP contribution in [-0.2, 0) is 12.0 Å². The molecule has 0 spiro atoms. The average Bonchev–Trinajstić information content (AvgIpc) is 3.60. The van der Waals surface area contributed by atoms with Gasteiger partial charge >= 0.3 is 0 Å². The second kappa shape index (κ2) is 9.01. The lowest BCUT2D eigenvalue weighted by atomic mass is 9.71. The zero-order valence-electron chi connectivity index (χ0n) is 23.2. The standard InChI is InChI=1S/C35H34N2O2/c1-5-16-35(17-6-2)27-14-10-8-12-22(27)24-18-29-33(21-28(24)35)39-34(36-29)26-19-31-25(20-32(26)38-4)23-13-9-11-15-30(23)37(31)7-3/h8-15,18-21H,5-7,16-17H2,1-4H3. The van der Waals surface area contributed by atoms with Crippen LogP contribution in [0.1, 0.15) is 57.6 Å². The molecule has 0 radical (unpaired) electrons. The van der Waals surface area contributed by atoms with Gasteiger partial charge in [-0.3, -0.25) is 0 Å². The first-order chi connectivity index (χ1) is 19.1. The predicted octanol–water partition coefficient (Wildman–Crippen LogP) is 9.50. The molecule has 0 bridgehead atoms. The Balaban J connectivity index is 1.45. The van der Waals surface area contributed by atoms with Gasteiger partial charge in [-0.2, -0.15) is 0 Å². The molecule has 0 saturated heterocycles. The van der Waals surface area contributed by atoms with Crippen molar-refractivity contribution in [3.05, 3.63) is 83.9 Å². The van der Waals surface area contributed by atoms with Crippen molar-refractivity contribution in [2.45, 2.75) is 58.4 Å². The summed E-state index contributed by atoms with van der Waals surface area (Å²) in [6.07, 6.45) is 4.53. The number of rotatable bonds is 7. The minimum atomic E-state index is 0.0230. The summed E-state index contributed by atoms with van der Waals surface area (Å²) in [5.41, 5.74) is 10.5. The molecule has 2 heterocycles. The van der Waals surface area contributed by atoms with E-state index in [0.29, 0.717) is 5.89 Å². The van der Waals surface area contributed by atoms with Gasteiger partial charge in [-0.15, -0.1) is 0 Å². The van der Waals surface area contributed by atoms with E-state index in [0.717, 1.165) is 60.2 Å². The highest BCUT2D eigenvalue weighted by Gasteiger charge is 2.42. The van der Waals surface area contributed by atoms with Crippen molar-refractivity contribution in [3.63, 3.8) is 0 Å². The quantitative estimate of drug-likeness (QED) is 0.213. The summed E-state index contributed by atoms with van der Waals surface area (Å²) in [5, 5.41) is 2.42. The maximum absolute atomic E-state index is 6.57. The Hall–Kier alpha value is -4.05. The maximum atomic E-state index is 6.57. The van der Waals surface area contributed by atoms with Gasteiger partial charge in [0.05, 0.1) is 18.2 Å². The Morgan fingerprint density at radius 2 is 1.54 bits per heavy atom. The molecular weight excluding hydrogens is 480 g/mol. The summed E-state index contributed by atoms with van der Waals surface area (Å²) in [6, 6.07) is 26.3. The van der Waals surface area contributed by atoms with Gasteiger partial charge in [-0.1, -0.05) is 69.2 Å². The lowest BCUT2D eigenvalue weighted by molar-refractivity contribution is 0.415. The van der Waals surface area contributed by atoms with Crippen LogP contribution >= 0.6 is 0 Å². The van der Waals surface area contributed by atoms with Gasteiger partial charge in [-0.05, 0) is 72.4 Å². The number of ether oxygens (including phenoxy) is 1. The summed E-state index contributed by atoms with van der Waals surface area (Å²) in [6.45, 7) is 7.65. The normalized spacial score (nSPS) is 13.8. The van der Waals surface area contributed by atoms with Crippen molar-refractivity contribution in [2.24, 2.45) is 0 Å². The minimum Gasteiger partial charge on any atom is -0.496 e. The summed E-state index contributed by atoms with van der Waals surface area (Å²) in [7, 11) is 1.72. The molecule has 0 amide bonds. The number of para-hydroxylation sites is 1. The molecule has 7 rings (SSSR count). The summed E-state index contributed by atoms with van der Waals surface area (Å²) < 4.78 is 14.8. The van der Waals surface area contributed by atoms with E-state index in [9.17, 15) is 0 Å². The van der Waals surface area contributed by atoms with Gasteiger partial charge < -0.3 is 13.7 Å². The smallest absolute Gasteiger partial charge is 0.231 e. The molecule has 4 nitrogen and oxygen atoms in total. The molecule has 0 N–H and O–H groups in total. The summed E-state index contributed by atoms with van der Waals surface area (Å²) in [5.74, 6) is 1.38. The molecule has 0 fully saturated rings. The first kappa shape index (κ1) is 24.0. The molecule has 196 valence electrons. The molecule has 0 saturated carbocycles. The van der Waals surface area contributed by atoms with Crippen LogP contribution in [0, 0.1) is 0 Å². The van der Waals surface area contributed by atoms with Crippen LogP contribution in [0.4, 0.5) is 0 Å². The molecule has 39 heavy (non-hydrogen) atoms. The maximum Gasteiger partial charge on any atom is 0.231 e. The molecular formula is C35H34N2O2. The Bertz CT molecular complexity index is 1870. The lowest BCUT2D eigenvalue weighted by Crippen LogP contribution is -2.24. The number of aryl methyl sites for hydroxylation is 1. The Morgan fingerprint density at radius 3 is 2.31 bits per heavy atom. The molecule has 1 aliphatic carbocycles. The van der Waals surface area contributed by atoms with E-state index in [4.69, 9.17) is 14.1 Å². The van der Waals surface area contributed by atoms with Crippen molar-refractivity contribution in [1.82, 2.24) is 9.55 Å². The Kier molecular flexibility index (Phi) is 5.55. The van der Waals surface area contributed by atoms with Crippen molar-refractivity contribution in [1.29, 1.82) is 0 Å². The van der Waals surface area contributed by atoms with Gasteiger partial charge in [0.15, 0.2) is 5.58 Å². The third-order valence-corrected chi connectivity index (χ3v) is 8.77. The van der Waals surface area contributed by atoms with Crippen LogP contribution in [-0.4, -0.2) is 16.7 Å². The van der Waals surface area contributed by atoms with E-state index in [2.05, 4.69) is 98.1 Å². The largest absolute Gasteiger partial charge is 0.496 e. The average molecular weight is 515 g/mol. The van der Waals surface area contributed by atoms with E-state index in [1.54, 1.807) is 7.11 Å². The van der Waals surface area contributed by atoms with Gasteiger partial charge in [0.1, 0.15) is 11.3 Å². The highest BCUT2D eigenvalue weighted by atomic mass is 16.5. The molecule has 1 aliphatic rings. The van der Waals surface area contributed by atoms with Crippen LogP contribution in [0.25, 0.3) is 55.5 Å². The number of aromatic nitrogens is 2. The van der Waals surface area contributed by atoms with Crippen LogP contribution in [0.3, 0.4) is 0 Å². The van der Waals surface area contributed by atoms with Crippen LogP contribution in [0.2, 0.25) is 0 Å². The first-order valence-corrected chi connectivity index (χ1v) is 14.3. The van der Waals surface area contributed by atoms with Gasteiger partial charge in [0.25, 0.3) is 0 Å². The fourth-order valence-corrected chi connectivity index (χ4v) is 7.26. The van der Waals surface area contributed by atoms with Crippen LogP contribution in [0.5, 0.6) is 5.75 Å². The molecule has 0 unspecified atom stereocenters. The molecule has 6 aromatic rings. The molecule has 0 atom stereocenters. The van der Waals surface area contributed by atoms with Gasteiger partial charge in [0.2, 0.25) is 5.89 Å². The third kappa shape index (κ3) is 3.33. The monoisotopic (exact) mass is 514 g/mol. The number of methoxy groups -OCH3 is 1. The fraction of sp³-hybridized carbons (Fsp3) is 0.286. The number of fused-ring (bicyclic) bond motifs is 7. The van der Waals surface area contributed by atoms with E-state index in [1.807, 2.05) is 0 Å². The number of hydrogen-bond donors (Lipinski definition) is 0. The van der Waals surface area contributed by atoms with Crippen molar-refractivity contribution < 1.29 is 9.15 Å². The summed E-state index contributed by atoms with van der Waals surface area (Å²) in [4.78, 5) is 5.04. The van der Waals surface area contributed by atoms with Crippen molar-refractivity contribution >= 4 is 32.9 Å². The van der Waals surface area contributed by atoms with Crippen LogP contribution in [0.15, 0.2) is 77.2 Å². The fourth-order valence-electron chi connectivity index (χ4n) is 7.26. The van der Waals surface area contributed by atoms with E-state index >= 15 is 0 Å². The zero-order valence-corrected chi connectivity index (χ0v) is 23.2. The Morgan fingerprint density at radius 1 is 0.769 bits per heavy atom. The third-order valence-electron chi connectivity index (χ3n) is 8.77. The molecule has 2 aromatic heterocycles. The highest BCUT2D eigenvalue weighted by molar-refractivity contribution is 6.10. The topological polar surface area (TPSA) is 40.2 Å². The lowest BCUT2D eigenvalue weighted by Gasteiger charge is -2.31. The first-order valence-electron chi connectivity index (χ1n) is 14.3.